The molecule has 2 amide bonds. The molecule has 0 radical (unpaired) electrons. The quantitative estimate of drug-likeness (QED) is 0.793. The average molecular weight is 426 g/mol. The lowest BCUT2D eigenvalue weighted by Gasteiger charge is -2.38. The van der Waals surface area contributed by atoms with Crippen molar-refractivity contribution in [3.8, 4) is 0 Å². The van der Waals surface area contributed by atoms with Crippen molar-refractivity contribution >= 4 is 17.5 Å². The van der Waals surface area contributed by atoms with Crippen LogP contribution in [0.15, 0.2) is 24.3 Å². The summed E-state index contributed by atoms with van der Waals surface area (Å²) < 4.78 is 38.0. The van der Waals surface area contributed by atoms with Crippen LogP contribution in [0.3, 0.4) is 0 Å². The zero-order valence-corrected chi connectivity index (χ0v) is 17.6. The minimum absolute atomic E-state index is 0.0328. The first-order valence-electron chi connectivity index (χ1n) is 10.3. The summed E-state index contributed by atoms with van der Waals surface area (Å²) in [7, 11) is 0. The molecule has 2 fully saturated rings. The summed E-state index contributed by atoms with van der Waals surface area (Å²) in [6, 6.07) is 5.31. The highest BCUT2D eigenvalue weighted by Crippen LogP contribution is 2.43. The summed E-state index contributed by atoms with van der Waals surface area (Å²) in [5, 5.41) is 9.37. The molecule has 1 spiro atoms. The largest absolute Gasteiger partial charge is 0.418 e. The van der Waals surface area contributed by atoms with Crippen LogP contribution in [0.4, 0.5) is 18.9 Å². The van der Waals surface area contributed by atoms with Crippen LogP contribution in [0.2, 0.25) is 0 Å². The number of likely N-dealkylation sites (tertiary alicyclic amines) is 1. The summed E-state index contributed by atoms with van der Waals surface area (Å²) in [6.45, 7) is 7.65. The van der Waals surface area contributed by atoms with Crippen molar-refractivity contribution in [2.45, 2.75) is 58.7 Å². The Labute approximate surface area is 174 Å². The van der Waals surface area contributed by atoms with Gasteiger partial charge in [0.2, 0.25) is 11.8 Å². The lowest BCUT2D eigenvalue weighted by atomic mass is 9.77. The lowest BCUT2D eigenvalue weighted by molar-refractivity contribution is -0.206. The SMILES string of the molecule is CC(C)(C)CC(=O)N1CCC2(CC1)CCN(c1ccc(C(O)C(F)(F)F)cc1)C2=O. The number of anilines is 1. The van der Waals surface area contributed by atoms with Crippen molar-refractivity contribution in [1.82, 2.24) is 4.90 Å². The van der Waals surface area contributed by atoms with Gasteiger partial charge in [-0.15, -0.1) is 0 Å². The van der Waals surface area contributed by atoms with E-state index in [1.54, 1.807) is 4.90 Å². The molecule has 2 aliphatic heterocycles. The first-order chi connectivity index (χ1) is 13.8. The standard InChI is InChI=1S/C22H29F3N2O3/c1-20(2,3)14-17(28)26-11-8-21(9-12-26)10-13-27(19(21)30)16-6-4-15(5-7-16)18(29)22(23,24)25/h4-7,18,29H,8-14H2,1-3H3. The van der Waals surface area contributed by atoms with Gasteiger partial charge in [0.15, 0.2) is 6.10 Å². The Morgan fingerprint density at radius 1 is 1.07 bits per heavy atom. The molecule has 2 heterocycles. The monoisotopic (exact) mass is 426 g/mol. The molecule has 8 heteroatoms. The molecule has 0 aromatic heterocycles. The Balaban J connectivity index is 1.65. The Hall–Kier alpha value is -2.09. The van der Waals surface area contributed by atoms with E-state index in [1.165, 1.54) is 24.3 Å². The van der Waals surface area contributed by atoms with Gasteiger partial charge in [-0.1, -0.05) is 32.9 Å². The third-order valence-corrected chi connectivity index (χ3v) is 6.10. The van der Waals surface area contributed by atoms with E-state index in [0.717, 1.165) is 0 Å². The molecule has 0 bridgehead atoms. The first-order valence-corrected chi connectivity index (χ1v) is 10.3. The van der Waals surface area contributed by atoms with Crippen molar-refractivity contribution in [2.24, 2.45) is 10.8 Å². The summed E-state index contributed by atoms with van der Waals surface area (Å²) in [5.74, 6) is 0.0769. The number of carbonyl (C=O) groups excluding carboxylic acids is 2. The van der Waals surface area contributed by atoms with E-state index in [-0.39, 0.29) is 22.8 Å². The minimum Gasteiger partial charge on any atom is -0.379 e. The van der Waals surface area contributed by atoms with Crippen molar-refractivity contribution in [2.75, 3.05) is 24.5 Å². The highest BCUT2D eigenvalue weighted by Gasteiger charge is 2.49. The Morgan fingerprint density at radius 3 is 2.10 bits per heavy atom. The van der Waals surface area contributed by atoms with E-state index in [2.05, 4.69) is 0 Å². The van der Waals surface area contributed by atoms with Crippen LogP contribution in [0.5, 0.6) is 0 Å². The maximum Gasteiger partial charge on any atom is 0.418 e. The Morgan fingerprint density at radius 2 is 1.60 bits per heavy atom. The third-order valence-electron chi connectivity index (χ3n) is 6.10. The Kier molecular flexibility index (Phi) is 5.93. The number of aliphatic hydroxyl groups is 1. The smallest absolute Gasteiger partial charge is 0.379 e. The van der Waals surface area contributed by atoms with E-state index >= 15 is 0 Å². The normalized spacial score (nSPS) is 20.7. The van der Waals surface area contributed by atoms with Crippen LogP contribution in [0.1, 0.15) is 58.1 Å². The highest BCUT2D eigenvalue weighted by atomic mass is 19.4. The molecular formula is C22H29F3N2O3. The van der Waals surface area contributed by atoms with Crippen LogP contribution in [-0.4, -0.2) is 47.6 Å². The minimum atomic E-state index is -4.73. The number of rotatable bonds is 3. The fourth-order valence-electron chi connectivity index (χ4n) is 4.31. The van der Waals surface area contributed by atoms with Crippen molar-refractivity contribution in [1.29, 1.82) is 0 Å². The number of halogens is 3. The van der Waals surface area contributed by atoms with Crippen LogP contribution in [0.25, 0.3) is 0 Å². The topological polar surface area (TPSA) is 60.9 Å². The number of alkyl halides is 3. The second-order valence-corrected chi connectivity index (χ2v) is 9.64. The number of aliphatic hydroxyl groups excluding tert-OH is 1. The van der Waals surface area contributed by atoms with Crippen LogP contribution < -0.4 is 4.90 Å². The molecule has 1 aromatic rings. The van der Waals surface area contributed by atoms with Crippen LogP contribution >= 0.6 is 0 Å². The van der Waals surface area contributed by atoms with Gasteiger partial charge in [-0.25, -0.2) is 0 Å². The van der Waals surface area contributed by atoms with E-state index in [1.807, 2.05) is 25.7 Å². The Bertz CT molecular complexity index is 791. The average Bonchev–Trinajstić information content (AvgIpc) is 2.96. The zero-order chi connectivity index (χ0) is 22.3. The van der Waals surface area contributed by atoms with Gasteiger partial charge < -0.3 is 14.9 Å². The van der Waals surface area contributed by atoms with Crippen LogP contribution in [-0.2, 0) is 9.59 Å². The number of hydrogen-bond acceptors (Lipinski definition) is 3. The molecule has 3 rings (SSSR count). The van der Waals surface area contributed by atoms with Crippen molar-refractivity contribution in [3.63, 3.8) is 0 Å². The van der Waals surface area contributed by atoms with Gasteiger partial charge in [0, 0.05) is 31.7 Å². The second kappa shape index (κ2) is 7.87. The van der Waals surface area contributed by atoms with E-state index in [0.29, 0.717) is 51.0 Å². The van der Waals surface area contributed by atoms with E-state index < -0.39 is 17.7 Å². The zero-order valence-electron chi connectivity index (χ0n) is 17.6. The number of hydrogen-bond donors (Lipinski definition) is 1. The van der Waals surface area contributed by atoms with E-state index in [9.17, 15) is 27.9 Å². The predicted molar refractivity (Wildman–Crippen MR) is 107 cm³/mol. The number of piperidine rings is 1. The molecule has 166 valence electrons. The molecule has 1 aromatic carbocycles. The molecule has 1 atom stereocenters. The number of nitrogens with zero attached hydrogens (tertiary/aromatic N) is 2. The van der Waals surface area contributed by atoms with Gasteiger partial charge in [-0.2, -0.15) is 13.2 Å². The number of benzene rings is 1. The molecular weight excluding hydrogens is 397 g/mol. The van der Waals surface area contributed by atoms with Crippen LogP contribution in [0, 0.1) is 10.8 Å². The molecule has 0 aliphatic carbocycles. The first kappa shape index (κ1) is 22.6. The van der Waals surface area contributed by atoms with E-state index in [4.69, 9.17) is 0 Å². The summed E-state index contributed by atoms with van der Waals surface area (Å²) >= 11 is 0. The lowest BCUT2D eigenvalue weighted by Crippen LogP contribution is -2.47. The summed E-state index contributed by atoms with van der Waals surface area (Å²) in [5.41, 5.74) is -0.319. The fourth-order valence-corrected chi connectivity index (χ4v) is 4.31. The molecule has 1 N–H and O–H groups in total. The van der Waals surface area contributed by atoms with Gasteiger partial charge >= 0.3 is 6.18 Å². The van der Waals surface area contributed by atoms with Gasteiger partial charge in [-0.3, -0.25) is 9.59 Å². The van der Waals surface area contributed by atoms with Crippen molar-refractivity contribution < 1.29 is 27.9 Å². The predicted octanol–water partition coefficient (Wildman–Crippen LogP) is 4.06. The van der Waals surface area contributed by atoms with Gasteiger partial charge in [0.1, 0.15) is 0 Å². The summed E-state index contributed by atoms with van der Waals surface area (Å²) in [6.07, 6.45) is -4.93. The fraction of sp³-hybridized carbons (Fsp3) is 0.636. The van der Waals surface area contributed by atoms with Crippen molar-refractivity contribution in [3.05, 3.63) is 29.8 Å². The molecule has 0 saturated carbocycles. The third kappa shape index (κ3) is 4.63. The molecule has 2 aliphatic rings. The molecule has 5 nitrogen and oxygen atoms in total. The second-order valence-electron chi connectivity index (χ2n) is 9.64. The maximum absolute atomic E-state index is 13.2. The molecule has 1 unspecified atom stereocenters. The summed E-state index contributed by atoms with van der Waals surface area (Å²) in [4.78, 5) is 29.1. The van der Waals surface area contributed by atoms with Gasteiger partial charge in [-0.05, 0) is 42.4 Å². The number of carbonyl (C=O) groups is 2. The van der Waals surface area contributed by atoms with Gasteiger partial charge in [0.25, 0.3) is 0 Å². The maximum atomic E-state index is 13.2. The molecule has 2 saturated heterocycles. The highest BCUT2D eigenvalue weighted by molar-refractivity contribution is 6.00. The molecule has 30 heavy (non-hydrogen) atoms. The number of amides is 2. The van der Waals surface area contributed by atoms with Gasteiger partial charge in [0.05, 0.1) is 5.41 Å².